The number of anilines is 1. The zero-order valence-corrected chi connectivity index (χ0v) is 13.0. The number of nitrogens with one attached hydrogen (secondary N) is 1. The third kappa shape index (κ3) is 2.88. The minimum atomic E-state index is 0.680. The van der Waals surface area contributed by atoms with Crippen molar-refractivity contribution in [3.8, 4) is 0 Å². The highest BCUT2D eigenvalue weighted by atomic mass is 16.5. The lowest BCUT2D eigenvalue weighted by Gasteiger charge is -2.22. The molecule has 0 radical (unpaired) electrons. The van der Waals surface area contributed by atoms with E-state index in [9.17, 15) is 0 Å². The normalized spacial score (nSPS) is 14.2. The first kappa shape index (κ1) is 14.3. The van der Waals surface area contributed by atoms with E-state index < -0.39 is 0 Å². The fourth-order valence-electron chi connectivity index (χ4n) is 3.02. The maximum absolute atomic E-state index is 5.65. The largest absolute Gasteiger partial charge is 0.384 e. The van der Waals surface area contributed by atoms with Crippen molar-refractivity contribution in [1.29, 1.82) is 0 Å². The summed E-state index contributed by atoms with van der Waals surface area (Å²) in [6, 6.07) is 6.72. The van der Waals surface area contributed by atoms with Gasteiger partial charge in [-0.3, -0.25) is 4.98 Å². The van der Waals surface area contributed by atoms with Crippen LogP contribution in [0.2, 0.25) is 0 Å². The van der Waals surface area contributed by atoms with Crippen molar-refractivity contribution in [1.82, 2.24) is 4.98 Å². The maximum atomic E-state index is 5.65. The molecule has 2 aromatic rings. The zero-order valence-electron chi connectivity index (χ0n) is 13.0. The van der Waals surface area contributed by atoms with Crippen molar-refractivity contribution in [2.75, 3.05) is 18.5 Å². The number of ether oxygens (including phenoxy) is 1. The summed E-state index contributed by atoms with van der Waals surface area (Å²) >= 11 is 0. The van der Waals surface area contributed by atoms with Crippen LogP contribution < -0.4 is 5.32 Å². The van der Waals surface area contributed by atoms with Crippen LogP contribution in [0.3, 0.4) is 0 Å². The van der Waals surface area contributed by atoms with Gasteiger partial charge in [0.25, 0.3) is 0 Å². The summed E-state index contributed by atoms with van der Waals surface area (Å²) in [6.45, 7) is 6.76. The Hall–Kier alpha value is -1.61. The second-order valence-corrected chi connectivity index (χ2v) is 5.70. The lowest BCUT2D eigenvalue weighted by molar-refractivity contribution is 0.110. The average molecular weight is 284 g/mol. The third-order valence-corrected chi connectivity index (χ3v) is 4.14. The number of rotatable bonds is 5. The number of hydrogen-bond donors (Lipinski definition) is 1. The van der Waals surface area contributed by atoms with Crippen LogP contribution >= 0.6 is 0 Å². The van der Waals surface area contributed by atoms with Gasteiger partial charge in [0.05, 0.1) is 30.1 Å². The molecule has 1 N–H and O–H groups in total. The van der Waals surface area contributed by atoms with Crippen LogP contribution in [0.4, 0.5) is 5.69 Å². The molecular formula is C18H24N2O. The fourth-order valence-corrected chi connectivity index (χ4v) is 3.02. The molecule has 1 aliphatic heterocycles. The summed E-state index contributed by atoms with van der Waals surface area (Å²) < 4.78 is 5.65. The summed E-state index contributed by atoms with van der Waals surface area (Å²) in [5.41, 5.74) is 6.19. The van der Waals surface area contributed by atoms with Gasteiger partial charge in [-0.15, -0.1) is 0 Å². The number of benzene rings is 1. The smallest absolute Gasteiger partial charge is 0.0755 e. The lowest BCUT2D eigenvalue weighted by atomic mass is 9.99. The molecule has 0 saturated carbocycles. The Labute approximate surface area is 126 Å². The Morgan fingerprint density at radius 3 is 3.00 bits per heavy atom. The van der Waals surface area contributed by atoms with Gasteiger partial charge in [0.2, 0.25) is 0 Å². The highest BCUT2D eigenvalue weighted by molar-refractivity contribution is 5.94. The molecular weight excluding hydrogens is 260 g/mol. The number of aromatic nitrogens is 1. The Kier molecular flexibility index (Phi) is 4.39. The van der Waals surface area contributed by atoms with Crippen molar-refractivity contribution >= 4 is 16.6 Å². The number of pyridine rings is 1. The molecule has 1 aromatic heterocycles. The van der Waals surface area contributed by atoms with Crippen LogP contribution in [0, 0.1) is 0 Å². The topological polar surface area (TPSA) is 34.2 Å². The van der Waals surface area contributed by atoms with E-state index in [0.717, 1.165) is 31.5 Å². The SMILES string of the molecule is CCCCc1ccc2nc3c(c(NCC)c2c1)COCC3. The van der Waals surface area contributed by atoms with E-state index in [0.29, 0.717) is 6.61 Å². The fraction of sp³-hybridized carbons (Fsp3) is 0.500. The second-order valence-electron chi connectivity index (χ2n) is 5.70. The molecule has 0 saturated heterocycles. The van der Waals surface area contributed by atoms with Gasteiger partial charge in [-0.1, -0.05) is 19.4 Å². The molecule has 0 bridgehead atoms. The molecule has 1 aliphatic rings. The Morgan fingerprint density at radius 2 is 2.19 bits per heavy atom. The van der Waals surface area contributed by atoms with E-state index in [1.807, 2.05) is 0 Å². The van der Waals surface area contributed by atoms with Crippen LogP contribution in [0.25, 0.3) is 10.9 Å². The predicted molar refractivity (Wildman–Crippen MR) is 87.9 cm³/mol. The van der Waals surface area contributed by atoms with Gasteiger partial charge in [0.1, 0.15) is 0 Å². The van der Waals surface area contributed by atoms with E-state index in [1.165, 1.54) is 40.7 Å². The molecule has 3 rings (SSSR count). The first-order chi connectivity index (χ1) is 10.3. The minimum absolute atomic E-state index is 0.680. The zero-order chi connectivity index (χ0) is 14.7. The number of nitrogens with zero attached hydrogens (tertiary/aromatic N) is 1. The molecule has 0 aliphatic carbocycles. The van der Waals surface area contributed by atoms with Gasteiger partial charge in [0.15, 0.2) is 0 Å². The van der Waals surface area contributed by atoms with Crippen LogP contribution in [0.1, 0.15) is 43.5 Å². The molecule has 1 aromatic carbocycles. The Balaban J connectivity index is 2.12. The van der Waals surface area contributed by atoms with Crippen molar-refractivity contribution < 1.29 is 4.74 Å². The Bertz CT molecular complexity index is 637. The molecule has 0 fully saturated rings. The number of unbranched alkanes of at least 4 members (excludes halogenated alkanes) is 1. The highest BCUT2D eigenvalue weighted by Gasteiger charge is 2.18. The average Bonchev–Trinajstić information content (AvgIpc) is 2.53. The molecule has 21 heavy (non-hydrogen) atoms. The summed E-state index contributed by atoms with van der Waals surface area (Å²) in [4.78, 5) is 4.86. The molecule has 0 atom stereocenters. The van der Waals surface area contributed by atoms with Crippen LogP contribution in [-0.4, -0.2) is 18.1 Å². The molecule has 0 amide bonds. The van der Waals surface area contributed by atoms with Crippen molar-refractivity contribution in [3.05, 3.63) is 35.0 Å². The maximum Gasteiger partial charge on any atom is 0.0755 e. The van der Waals surface area contributed by atoms with E-state index in [4.69, 9.17) is 9.72 Å². The summed E-state index contributed by atoms with van der Waals surface area (Å²) in [5, 5.41) is 4.79. The van der Waals surface area contributed by atoms with E-state index in [-0.39, 0.29) is 0 Å². The predicted octanol–water partition coefficient (Wildman–Crippen LogP) is 4.08. The molecule has 0 spiro atoms. The van der Waals surface area contributed by atoms with Gasteiger partial charge in [0, 0.05) is 23.9 Å². The molecule has 112 valence electrons. The second kappa shape index (κ2) is 6.44. The van der Waals surface area contributed by atoms with Crippen LogP contribution in [0.5, 0.6) is 0 Å². The van der Waals surface area contributed by atoms with E-state index in [2.05, 4.69) is 37.4 Å². The van der Waals surface area contributed by atoms with Crippen molar-refractivity contribution in [3.63, 3.8) is 0 Å². The van der Waals surface area contributed by atoms with E-state index >= 15 is 0 Å². The number of hydrogen-bond acceptors (Lipinski definition) is 3. The third-order valence-electron chi connectivity index (χ3n) is 4.14. The highest BCUT2D eigenvalue weighted by Crippen LogP contribution is 2.32. The van der Waals surface area contributed by atoms with Gasteiger partial charge in [-0.25, -0.2) is 0 Å². The van der Waals surface area contributed by atoms with Crippen LogP contribution in [-0.2, 0) is 24.2 Å². The van der Waals surface area contributed by atoms with Gasteiger partial charge in [-0.2, -0.15) is 0 Å². The quantitative estimate of drug-likeness (QED) is 0.898. The standard InChI is InChI=1S/C18H24N2O/c1-3-5-6-13-7-8-16-14(11-13)18(19-4-2)15-12-21-10-9-17(15)20-16/h7-8,11H,3-6,9-10,12H2,1-2H3,(H,19,20). The molecule has 3 heteroatoms. The lowest BCUT2D eigenvalue weighted by Crippen LogP contribution is -2.15. The number of aryl methyl sites for hydroxylation is 1. The van der Waals surface area contributed by atoms with Crippen LogP contribution in [0.15, 0.2) is 18.2 Å². The summed E-state index contributed by atoms with van der Waals surface area (Å²) in [5.74, 6) is 0. The molecule has 2 heterocycles. The first-order valence-electron chi connectivity index (χ1n) is 8.09. The summed E-state index contributed by atoms with van der Waals surface area (Å²) in [6.07, 6.45) is 4.53. The minimum Gasteiger partial charge on any atom is -0.384 e. The summed E-state index contributed by atoms with van der Waals surface area (Å²) in [7, 11) is 0. The Morgan fingerprint density at radius 1 is 1.29 bits per heavy atom. The van der Waals surface area contributed by atoms with Crippen molar-refractivity contribution in [2.24, 2.45) is 0 Å². The monoisotopic (exact) mass is 284 g/mol. The van der Waals surface area contributed by atoms with E-state index in [1.54, 1.807) is 0 Å². The van der Waals surface area contributed by atoms with Gasteiger partial charge in [-0.05, 0) is 37.5 Å². The molecule has 3 nitrogen and oxygen atoms in total. The van der Waals surface area contributed by atoms with Crippen molar-refractivity contribution in [2.45, 2.75) is 46.1 Å². The molecule has 0 unspecified atom stereocenters. The van der Waals surface area contributed by atoms with Gasteiger partial charge < -0.3 is 10.1 Å². The first-order valence-corrected chi connectivity index (χ1v) is 8.09. The van der Waals surface area contributed by atoms with Gasteiger partial charge >= 0.3 is 0 Å². The number of fused-ring (bicyclic) bond motifs is 2.